The first-order chi connectivity index (χ1) is 12.4. The molecule has 0 amide bonds. The Morgan fingerprint density at radius 3 is 2.23 bits per heavy atom. The molecule has 1 heterocycles. The average Bonchev–Trinajstić information content (AvgIpc) is 3.05. The van der Waals surface area contributed by atoms with Gasteiger partial charge in [-0.2, -0.15) is 13.2 Å². The maximum absolute atomic E-state index is 12.8. The summed E-state index contributed by atoms with van der Waals surface area (Å²) in [5, 5.41) is 2.53. The van der Waals surface area contributed by atoms with E-state index in [0.29, 0.717) is 11.6 Å². The number of hydrogen-bond donors (Lipinski definition) is 1. The SMILES string of the molecule is COc1ccc([C@H](Cc2ccc(C(F)(F)F)cc2)c2csc(N)[nH+]2)cc1. The quantitative estimate of drug-likeness (QED) is 0.707. The first-order valence-electron chi connectivity index (χ1n) is 7.93. The third kappa shape index (κ3) is 4.16. The Morgan fingerprint density at radius 1 is 1.08 bits per heavy atom. The lowest BCUT2D eigenvalue weighted by atomic mass is 9.89. The number of H-pyrrole nitrogens is 1. The van der Waals surface area contributed by atoms with Crippen molar-refractivity contribution in [2.75, 3.05) is 12.8 Å². The fraction of sp³-hybridized carbons (Fsp3) is 0.211. The van der Waals surface area contributed by atoms with Gasteiger partial charge in [0.25, 0.3) is 0 Å². The molecule has 0 spiro atoms. The van der Waals surface area contributed by atoms with Crippen molar-refractivity contribution in [1.82, 2.24) is 0 Å². The lowest BCUT2D eigenvalue weighted by molar-refractivity contribution is -0.368. The molecular formula is C19H18F3N2OS+. The molecule has 0 aliphatic carbocycles. The summed E-state index contributed by atoms with van der Waals surface area (Å²) in [5.41, 5.74) is 7.95. The van der Waals surface area contributed by atoms with E-state index in [1.807, 2.05) is 29.6 Å². The van der Waals surface area contributed by atoms with E-state index >= 15 is 0 Å². The van der Waals surface area contributed by atoms with Crippen LogP contribution in [0.3, 0.4) is 0 Å². The number of nitrogen functional groups attached to an aromatic ring is 1. The highest BCUT2D eigenvalue weighted by atomic mass is 32.1. The molecule has 3 nitrogen and oxygen atoms in total. The van der Waals surface area contributed by atoms with Crippen LogP contribution in [0.1, 0.15) is 28.3 Å². The molecule has 0 radical (unpaired) electrons. The minimum atomic E-state index is -4.33. The van der Waals surface area contributed by atoms with Crippen LogP contribution in [0, 0.1) is 0 Å². The van der Waals surface area contributed by atoms with Gasteiger partial charge < -0.3 is 4.74 Å². The van der Waals surface area contributed by atoms with Gasteiger partial charge in [-0.3, -0.25) is 5.73 Å². The van der Waals surface area contributed by atoms with Crippen LogP contribution in [0.5, 0.6) is 5.75 Å². The zero-order valence-corrected chi connectivity index (χ0v) is 14.8. The van der Waals surface area contributed by atoms with Gasteiger partial charge in [-0.15, -0.1) is 0 Å². The standard InChI is InChI=1S/C19H17F3N2OS/c1-25-15-8-4-13(5-9-15)16(17-11-26-18(23)24-17)10-12-2-6-14(7-3-12)19(20,21)22/h2-9,11,16H,10H2,1H3,(H2,23,24)/p+1/t16-/m0/s1. The lowest BCUT2D eigenvalue weighted by Crippen LogP contribution is -2.17. The van der Waals surface area contributed by atoms with E-state index in [-0.39, 0.29) is 5.92 Å². The Hall–Kier alpha value is -2.54. The molecule has 7 heteroatoms. The molecule has 3 N–H and O–H groups in total. The largest absolute Gasteiger partial charge is 0.497 e. The van der Waals surface area contributed by atoms with E-state index in [1.54, 1.807) is 7.11 Å². The molecule has 0 aliphatic rings. The molecule has 0 saturated heterocycles. The predicted octanol–water partition coefficient (Wildman–Crippen LogP) is 4.55. The summed E-state index contributed by atoms with van der Waals surface area (Å²) in [7, 11) is 1.60. The first-order valence-corrected chi connectivity index (χ1v) is 8.81. The van der Waals surface area contributed by atoms with Gasteiger partial charge >= 0.3 is 11.3 Å². The number of thiazole rings is 1. The fourth-order valence-corrected chi connectivity index (χ4v) is 3.46. The number of alkyl halides is 3. The molecule has 2 aromatic carbocycles. The van der Waals surface area contributed by atoms with Gasteiger partial charge in [0.1, 0.15) is 11.4 Å². The maximum Gasteiger partial charge on any atom is 0.416 e. The van der Waals surface area contributed by atoms with Crippen molar-refractivity contribution < 1.29 is 22.9 Å². The first kappa shape index (κ1) is 18.3. The maximum atomic E-state index is 12.8. The summed E-state index contributed by atoms with van der Waals surface area (Å²) < 4.78 is 43.5. The van der Waals surface area contributed by atoms with Gasteiger partial charge in [-0.05, 0) is 41.8 Å². The number of nitrogens with one attached hydrogen (secondary N) is 1. The van der Waals surface area contributed by atoms with Crippen LogP contribution in [0.15, 0.2) is 53.9 Å². The van der Waals surface area contributed by atoms with Gasteiger partial charge in [0.05, 0.1) is 18.6 Å². The molecule has 1 atom stereocenters. The molecule has 136 valence electrons. The van der Waals surface area contributed by atoms with Crippen molar-refractivity contribution >= 4 is 16.5 Å². The Labute approximate surface area is 153 Å². The molecule has 26 heavy (non-hydrogen) atoms. The fourth-order valence-electron chi connectivity index (χ4n) is 2.81. The number of rotatable bonds is 5. The van der Waals surface area contributed by atoms with Gasteiger partial charge in [0, 0.05) is 5.38 Å². The molecule has 3 aromatic rings. The minimum Gasteiger partial charge on any atom is -0.497 e. The van der Waals surface area contributed by atoms with Gasteiger partial charge in [-0.25, -0.2) is 4.98 Å². The lowest BCUT2D eigenvalue weighted by Gasteiger charge is -2.15. The Balaban J connectivity index is 1.90. The number of benzene rings is 2. The summed E-state index contributed by atoms with van der Waals surface area (Å²) in [6.07, 6.45) is -3.78. The predicted molar refractivity (Wildman–Crippen MR) is 95.3 cm³/mol. The number of methoxy groups -OCH3 is 1. The van der Waals surface area contributed by atoms with Crippen LogP contribution in [-0.2, 0) is 12.6 Å². The van der Waals surface area contributed by atoms with Crippen LogP contribution in [-0.4, -0.2) is 7.11 Å². The van der Waals surface area contributed by atoms with Crippen LogP contribution >= 0.6 is 11.3 Å². The average molecular weight is 379 g/mol. The van der Waals surface area contributed by atoms with Crippen LogP contribution in [0.25, 0.3) is 0 Å². The van der Waals surface area contributed by atoms with E-state index in [4.69, 9.17) is 10.5 Å². The summed E-state index contributed by atoms with van der Waals surface area (Å²) in [4.78, 5) is 3.14. The number of aromatic nitrogens is 1. The number of anilines is 1. The number of halogens is 3. The highest BCUT2D eigenvalue weighted by Crippen LogP contribution is 2.32. The minimum absolute atomic E-state index is 0.0498. The third-order valence-corrected chi connectivity index (χ3v) is 4.92. The van der Waals surface area contributed by atoms with Crippen LogP contribution < -0.4 is 15.5 Å². The van der Waals surface area contributed by atoms with E-state index in [1.165, 1.54) is 23.5 Å². The van der Waals surface area contributed by atoms with Crippen LogP contribution in [0.2, 0.25) is 0 Å². The van der Waals surface area contributed by atoms with Gasteiger partial charge in [0.2, 0.25) is 0 Å². The van der Waals surface area contributed by atoms with Crippen molar-refractivity contribution in [3.8, 4) is 5.75 Å². The number of ether oxygens (including phenoxy) is 1. The zero-order chi connectivity index (χ0) is 18.7. The Morgan fingerprint density at radius 2 is 1.73 bits per heavy atom. The number of nitrogens with two attached hydrogens (primary N) is 1. The molecule has 3 rings (SSSR count). The van der Waals surface area contributed by atoms with Crippen molar-refractivity contribution in [1.29, 1.82) is 0 Å². The molecule has 0 bridgehead atoms. The molecule has 0 saturated carbocycles. The highest BCUT2D eigenvalue weighted by molar-refractivity contribution is 7.13. The van der Waals surface area contributed by atoms with Crippen molar-refractivity contribution in [2.45, 2.75) is 18.5 Å². The molecule has 0 aliphatic heterocycles. The van der Waals surface area contributed by atoms with Gasteiger partial charge in [-0.1, -0.05) is 35.6 Å². The Kier molecular flexibility index (Phi) is 5.18. The van der Waals surface area contributed by atoms with Gasteiger partial charge in [0.15, 0.2) is 0 Å². The van der Waals surface area contributed by atoms with Crippen molar-refractivity contribution in [3.63, 3.8) is 0 Å². The molecule has 1 aromatic heterocycles. The second-order valence-electron chi connectivity index (χ2n) is 5.90. The number of aromatic amines is 1. The van der Waals surface area contributed by atoms with Crippen molar-refractivity contribution in [2.24, 2.45) is 0 Å². The molecule has 0 fully saturated rings. The topological polar surface area (TPSA) is 49.4 Å². The normalized spacial score (nSPS) is 12.8. The monoisotopic (exact) mass is 379 g/mol. The zero-order valence-electron chi connectivity index (χ0n) is 14.0. The van der Waals surface area contributed by atoms with E-state index in [9.17, 15) is 13.2 Å². The third-order valence-electron chi connectivity index (χ3n) is 4.20. The Bertz CT molecular complexity index is 858. The van der Waals surface area contributed by atoms with Crippen LogP contribution in [0.4, 0.5) is 18.3 Å². The molecular weight excluding hydrogens is 361 g/mol. The summed E-state index contributed by atoms with van der Waals surface area (Å²) in [6.45, 7) is 0. The summed E-state index contributed by atoms with van der Waals surface area (Å²) in [5.74, 6) is 0.696. The number of hydrogen-bond acceptors (Lipinski definition) is 3. The summed E-state index contributed by atoms with van der Waals surface area (Å²) >= 11 is 1.40. The van der Waals surface area contributed by atoms with E-state index in [2.05, 4.69) is 4.98 Å². The van der Waals surface area contributed by atoms with E-state index < -0.39 is 11.7 Å². The highest BCUT2D eigenvalue weighted by Gasteiger charge is 2.30. The molecule has 0 unspecified atom stereocenters. The van der Waals surface area contributed by atoms with Crippen molar-refractivity contribution in [3.05, 3.63) is 76.3 Å². The summed E-state index contributed by atoms with van der Waals surface area (Å²) in [6, 6.07) is 12.9. The second kappa shape index (κ2) is 7.37. The smallest absolute Gasteiger partial charge is 0.416 e. The second-order valence-corrected chi connectivity index (χ2v) is 6.82. The van der Waals surface area contributed by atoms with E-state index in [0.717, 1.165) is 34.7 Å².